The van der Waals surface area contributed by atoms with Crippen LogP contribution in [0.3, 0.4) is 0 Å². The van der Waals surface area contributed by atoms with E-state index in [1.165, 1.54) is 4.90 Å². The SMILES string of the molecule is O=C(CCc1ccc2ncccc2c1)N1C(=O)OC[C@@H]1Cc1ccccc1. The summed E-state index contributed by atoms with van der Waals surface area (Å²) in [6, 6.07) is 19.5. The van der Waals surface area contributed by atoms with Gasteiger partial charge in [0.05, 0.1) is 11.6 Å². The van der Waals surface area contributed by atoms with Gasteiger partial charge in [0.15, 0.2) is 0 Å². The maximum absolute atomic E-state index is 12.7. The molecule has 1 saturated heterocycles. The van der Waals surface area contributed by atoms with Crippen molar-refractivity contribution in [1.29, 1.82) is 0 Å². The molecule has 4 rings (SSSR count). The van der Waals surface area contributed by atoms with Crippen LogP contribution in [0.25, 0.3) is 10.9 Å². The van der Waals surface area contributed by atoms with E-state index >= 15 is 0 Å². The molecule has 0 N–H and O–H groups in total. The molecule has 0 unspecified atom stereocenters. The number of amides is 2. The van der Waals surface area contributed by atoms with E-state index in [0.717, 1.165) is 22.0 Å². The highest BCUT2D eigenvalue weighted by molar-refractivity contribution is 5.93. The van der Waals surface area contributed by atoms with Gasteiger partial charge in [-0.1, -0.05) is 42.5 Å². The molecule has 1 fully saturated rings. The first-order valence-electron chi connectivity index (χ1n) is 9.07. The molecule has 3 aromatic rings. The van der Waals surface area contributed by atoms with E-state index in [0.29, 0.717) is 12.8 Å². The number of rotatable bonds is 5. The average molecular weight is 360 g/mol. The number of ether oxygens (including phenoxy) is 1. The Labute approximate surface area is 157 Å². The minimum atomic E-state index is -0.538. The van der Waals surface area contributed by atoms with E-state index in [9.17, 15) is 9.59 Å². The third-order valence-electron chi connectivity index (χ3n) is 4.84. The summed E-state index contributed by atoms with van der Waals surface area (Å²) in [5, 5.41) is 1.05. The molecule has 5 heteroatoms. The van der Waals surface area contributed by atoms with Crippen LogP contribution in [0, 0.1) is 0 Å². The lowest BCUT2D eigenvalue weighted by Crippen LogP contribution is -2.40. The quantitative estimate of drug-likeness (QED) is 0.695. The number of carbonyl (C=O) groups is 2. The molecule has 1 aromatic heterocycles. The Morgan fingerprint density at radius 2 is 1.93 bits per heavy atom. The third kappa shape index (κ3) is 3.82. The van der Waals surface area contributed by atoms with E-state index in [2.05, 4.69) is 4.98 Å². The lowest BCUT2D eigenvalue weighted by Gasteiger charge is -2.19. The maximum atomic E-state index is 12.7. The normalized spacial score (nSPS) is 16.5. The number of carbonyl (C=O) groups excluding carboxylic acids is 2. The van der Waals surface area contributed by atoms with Crippen molar-refractivity contribution < 1.29 is 14.3 Å². The van der Waals surface area contributed by atoms with Crippen LogP contribution in [-0.2, 0) is 22.4 Å². The molecular formula is C22H20N2O3. The van der Waals surface area contributed by atoms with Crippen LogP contribution in [-0.4, -0.2) is 34.5 Å². The monoisotopic (exact) mass is 360 g/mol. The Hall–Kier alpha value is -3.21. The summed E-state index contributed by atoms with van der Waals surface area (Å²) in [7, 11) is 0. The van der Waals surface area contributed by atoms with Crippen molar-refractivity contribution in [2.45, 2.75) is 25.3 Å². The van der Waals surface area contributed by atoms with Crippen molar-refractivity contribution in [3.05, 3.63) is 78.0 Å². The number of aromatic nitrogens is 1. The highest BCUT2D eigenvalue weighted by atomic mass is 16.6. The number of aryl methyl sites for hydroxylation is 1. The van der Waals surface area contributed by atoms with E-state index in [-0.39, 0.29) is 25.0 Å². The minimum absolute atomic E-state index is 0.190. The Bertz CT molecular complexity index is 971. The summed E-state index contributed by atoms with van der Waals surface area (Å²) in [6.45, 7) is 0.251. The smallest absolute Gasteiger partial charge is 0.416 e. The summed E-state index contributed by atoms with van der Waals surface area (Å²) in [4.78, 5) is 30.4. The van der Waals surface area contributed by atoms with Crippen LogP contribution in [0.15, 0.2) is 66.9 Å². The fourth-order valence-electron chi connectivity index (χ4n) is 3.45. The zero-order valence-corrected chi connectivity index (χ0v) is 14.9. The molecule has 2 amide bonds. The molecule has 0 saturated carbocycles. The second-order valence-corrected chi connectivity index (χ2v) is 6.71. The molecule has 0 aliphatic carbocycles. The predicted octanol–water partition coefficient (Wildman–Crippen LogP) is 3.76. The van der Waals surface area contributed by atoms with E-state index in [1.54, 1.807) is 6.20 Å². The van der Waals surface area contributed by atoms with Crippen molar-refractivity contribution in [2.75, 3.05) is 6.61 Å². The summed E-state index contributed by atoms with van der Waals surface area (Å²) in [6.07, 6.45) is 2.68. The molecule has 2 aromatic carbocycles. The van der Waals surface area contributed by atoms with Gasteiger partial charge < -0.3 is 4.74 Å². The Morgan fingerprint density at radius 1 is 1.07 bits per heavy atom. The lowest BCUT2D eigenvalue weighted by molar-refractivity contribution is -0.129. The summed E-state index contributed by atoms with van der Waals surface area (Å²) < 4.78 is 5.14. The summed E-state index contributed by atoms with van der Waals surface area (Å²) in [5.74, 6) is -0.190. The first-order valence-corrected chi connectivity index (χ1v) is 9.07. The van der Waals surface area contributed by atoms with E-state index in [1.807, 2.05) is 60.7 Å². The molecule has 136 valence electrons. The number of cyclic esters (lactones) is 1. The molecule has 0 radical (unpaired) electrons. The van der Waals surface area contributed by atoms with Crippen LogP contribution < -0.4 is 0 Å². The summed E-state index contributed by atoms with van der Waals surface area (Å²) in [5.41, 5.74) is 3.07. The number of fused-ring (bicyclic) bond motifs is 1. The fourth-order valence-corrected chi connectivity index (χ4v) is 3.45. The zero-order valence-electron chi connectivity index (χ0n) is 14.9. The number of hydrogen-bond acceptors (Lipinski definition) is 4. The molecule has 1 aliphatic rings. The first-order chi connectivity index (χ1) is 13.2. The largest absolute Gasteiger partial charge is 0.447 e. The number of nitrogens with zero attached hydrogens (tertiary/aromatic N) is 2. The van der Waals surface area contributed by atoms with Crippen LogP contribution in [0.1, 0.15) is 17.5 Å². The zero-order chi connectivity index (χ0) is 18.6. The summed E-state index contributed by atoms with van der Waals surface area (Å²) >= 11 is 0. The molecule has 0 spiro atoms. The van der Waals surface area contributed by atoms with Gasteiger partial charge >= 0.3 is 6.09 Å². The van der Waals surface area contributed by atoms with E-state index in [4.69, 9.17) is 4.74 Å². The van der Waals surface area contributed by atoms with Crippen molar-refractivity contribution in [3.63, 3.8) is 0 Å². The lowest BCUT2D eigenvalue weighted by atomic mass is 10.0. The van der Waals surface area contributed by atoms with Gasteiger partial charge in [-0.3, -0.25) is 9.78 Å². The Balaban J connectivity index is 1.43. The second kappa shape index (κ2) is 7.58. The van der Waals surface area contributed by atoms with Gasteiger partial charge in [-0.2, -0.15) is 0 Å². The Kier molecular flexibility index (Phi) is 4.83. The predicted molar refractivity (Wildman–Crippen MR) is 102 cm³/mol. The van der Waals surface area contributed by atoms with Gasteiger partial charge in [0.25, 0.3) is 0 Å². The van der Waals surface area contributed by atoms with Gasteiger partial charge in [-0.15, -0.1) is 0 Å². The molecule has 5 nitrogen and oxygen atoms in total. The van der Waals surface area contributed by atoms with Crippen LogP contribution >= 0.6 is 0 Å². The van der Waals surface area contributed by atoms with Gasteiger partial charge in [-0.05, 0) is 42.2 Å². The van der Waals surface area contributed by atoms with Gasteiger partial charge in [0.2, 0.25) is 5.91 Å². The number of pyridine rings is 1. The van der Waals surface area contributed by atoms with E-state index < -0.39 is 6.09 Å². The highest BCUT2D eigenvalue weighted by Gasteiger charge is 2.37. The number of hydrogen-bond donors (Lipinski definition) is 0. The second-order valence-electron chi connectivity index (χ2n) is 6.71. The molecule has 1 aliphatic heterocycles. The average Bonchev–Trinajstić information content (AvgIpc) is 3.07. The molecular weight excluding hydrogens is 340 g/mol. The standard InChI is InChI=1S/C22H20N2O3/c25-21(11-9-17-8-10-20-18(13-17)7-4-12-23-20)24-19(15-27-22(24)26)14-16-5-2-1-3-6-16/h1-8,10,12-13,19H,9,11,14-15H2/t19-/m0/s1. The molecule has 2 heterocycles. The maximum Gasteiger partial charge on any atom is 0.416 e. The van der Waals surface area contributed by atoms with Gasteiger partial charge in [0.1, 0.15) is 6.61 Å². The molecule has 0 bridgehead atoms. The number of benzene rings is 2. The van der Waals surface area contributed by atoms with Crippen LogP contribution in [0.4, 0.5) is 4.79 Å². The number of imide groups is 1. The first kappa shape index (κ1) is 17.2. The van der Waals surface area contributed by atoms with Gasteiger partial charge in [0, 0.05) is 18.0 Å². The molecule has 1 atom stereocenters. The van der Waals surface area contributed by atoms with Crippen molar-refractivity contribution >= 4 is 22.9 Å². The van der Waals surface area contributed by atoms with Crippen molar-refractivity contribution in [3.8, 4) is 0 Å². The fraction of sp³-hybridized carbons (Fsp3) is 0.227. The van der Waals surface area contributed by atoms with Gasteiger partial charge in [-0.25, -0.2) is 9.69 Å². The topological polar surface area (TPSA) is 59.5 Å². The minimum Gasteiger partial charge on any atom is -0.447 e. The van der Waals surface area contributed by atoms with Crippen molar-refractivity contribution in [1.82, 2.24) is 9.88 Å². The van der Waals surface area contributed by atoms with Crippen molar-refractivity contribution in [2.24, 2.45) is 0 Å². The third-order valence-corrected chi connectivity index (χ3v) is 4.84. The van der Waals surface area contributed by atoms with Crippen LogP contribution in [0.5, 0.6) is 0 Å². The van der Waals surface area contributed by atoms with Crippen LogP contribution in [0.2, 0.25) is 0 Å². The molecule has 27 heavy (non-hydrogen) atoms. The highest BCUT2D eigenvalue weighted by Crippen LogP contribution is 2.20. The Morgan fingerprint density at radius 3 is 2.78 bits per heavy atom.